The topological polar surface area (TPSA) is 70.8 Å². The van der Waals surface area contributed by atoms with Crippen LogP contribution in [-0.4, -0.2) is 77.4 Å². The second-order valence-corrected chi connectivity index (χ2v) is 13.8. The third-order valence-electron chi connectivity index (χ3n) is 11.6. The minimum absolute atomic E-state index is 0.0537. The van der Waals surface area contributed by atoms with Gasteiger partial charge in [0.15, 0.2) is 0 Å². The number of nitrogens with zero attached hydrogens (tertiary/aromatic N) is 5. The number of ether oxygens (including phenoxy) is 1. The van der Waals surface area contributed by atoms with Gasteiger partial charge in [-0.1, -0.05) is 24.3 Å². The van der Waals surface area contributed by atoms with E-state index in [4.69, 9.17) is 20.4 Å². The van der Waals surface area contributed by atoms with Gasteiger partial charge in [-0.3, -0.25) is 9.80 Å². The van der Waals surface area contributed by atoms with E-state index in [1.54, 1.807) is 0 Å². The molecular weight excluding hydrogens is 503 g/mol. The average Bonchev–Trinajstić information content (AvgIpc) is 3.53. The molecular formula is C32H43FN6O. The normalized spacial score (nSPS) is 37.0. The zero-order valence-electron chi connectivity index (χ0n) is 23.8. The number of aromatic nitrogens is 2. The third-order valence-corrected chi connectivity index (χ3v) is 11.6. The van der Waals surface area contributed by atoms with Crippen LogP contribution in [-0.2, 0) is 24.9 Å². The lowest BCUT2D eigenvalue weighted by molar-refractivity contribution is 0.0713. The van der Waals surface area contributed by atoms with E-state index in [1.807, 2.05) is 0 Å². The van der Waals surface area contributed by atoms with Gasteiger partial charge in [0.25, 0.3) is 0 Å². The summed E-state index contributed by atoms with van der Waals surface area (Å²) in [5.74, 6) is 2.10. The first-order valence-electron chi connectivity index (χ1n) is 15.7. The lowest BCUT2D eigenvalue weighted by atomic mass is 9.71. The fraction of sp³-hybridized carbons (Fsp3) is 0.688. The molecule has 214 valence electrons. The fourth-order valence-electron chi connectivity index (χ4n) is 9.49. The van der Waals surface area contributed by atoms with Crippen LogP contribution in [0.2, 0.25) is 0 Å². The number of anilines is 1. The van der Waals surface area contributed by atoms with Gasteiger partial charge in [0, 0.05) is 50.6 Å². The largest absolute Gasteiger partial charge is 0.461 e. The van der Waals surface area contributed by atoms with Crippen LogP contribution >= 0.6 is 0 Å². The predicted molar refractivity (Wildman–Crippen MR) is 153 cm³/mol. The van der Waals surface area contributed by atoms with E-state index >= 15 is 0 Å². The molecule has 2 aromatic rings. The minimum Gasteiger partial charge on any atom is -0.461 e. The maximum atomic E-state index is 14.5. The maximum absolute atomic E-state index is 14.5. The zero-order chi connectivity index (χ0) is 27.1. The van der Waals surface area contributed by atoms with Crippen LogP contribution in [0.25, 0.3) is 0 Å². The number of nitrogens with two attached hydrogens (primary N) is 1. The highest BCUT2D eigenvalue weighted by Gasteiger charge is 2.50. The highest BCUT2D eigenvalue weighted by molar-refractivity contribution is 5.54. The van der Waals surface area contributed by atoms with E-state index in [1.165, 1.54) is 36.0 Å². The van der Waals surface area contributed by atoms with Crippen molar-refractivity contribution >= 4 is 5.82 Å². The lowest BCUT2D eigenvalue weighted by Gasteiger charge is -2.49. The second-order valence-electron chi connectivity index (χ2n) is 13.8. The number of likely N-dealkylation sites (N-methyl/N-ethyl adjacent to an activating group) is 1. The Hall–Kier alpha value is -2.29. The monoisotopic (exact) mass is 546 g/mol. The fourth-order valence-corrected chi connectivity index (χ4v) is 9.49. The van der Waals surface area contributed by atoms with Gasteiger partial charge in [-0.05, 0) is 81.5 Å². The van der Waals surface area contributed by atoms with Crippen LogP contribution in [0.15, 0.2) is 24.3 Å². The van der Waals surface area contributed by atoms with Gasteiger partial charge in [0.1, 0.15) is 18.6 Å². The molecule has 1 aromatic carbocycles. The van der Waals surface area contributed by atoms with Crippen molar-refractivity contribution in [3.05, 3.63) is 46.6 Å². The number of piperidine rings is 1. The summed E-state index contributed by atoms with van der Waals surface area (Å²) in [6, 6.07) is 9.78. The zero-order valence-corrected chi connectivity index (χ0v) is 23.8. The molecule has 2 bridgehead atoms. The number of halogens is 1. The Kier molecular flexibility index (Phi) is 5.95. The summed E-state index contributed by atoms with van der Waals surface area (Å²) < 4.78 is 21.0. The predicted octanol–water partition coefficient (Wildman–Crippen LogP) is 3.83. The molecule has 0 radical (unpaired) electrons. The molecule has 40 heavy (non-hydrogen) atoms. The SMILES string of the molecule is CN1Cc2c(nc(OC[C@@]34CCCN3CC(F)C4)nc2N2CC3CC[C@@H](C2)C3N)C[C@]12CCCc1ccccc12. The van der Waals surface area contributed by atoms with Crippen molar-refractivity contribution in [2.24, 2.45) is 17.6 Å². The molecule has 1 aromatic heterocycles. The molecule has 1 spiro atoms. The van der Waals surface area contributed by atoms with Gasteiger partial charge >= 0.3 is 6.01 Å². The summed E-state index contributed by atoms with van der Waals surface area (Å²) in [6.07, 6.45) is 8.65. The summed E-state index contributed by atoms with van der Waals surface area (Å²) in [5, 5.41) is 0. The number of hydrogen-bond donors (Lipinski definition) is 1. The number of rotatable bonds is 4. The van der Waals surface area contributed by atoms with Crippen LogP contribution in [0, 0.1) is 11.8 Å². The molecule has 5 heterocycles. The Balaban J connectivity index is 1.17. The van der Waals surface area contributed by atoms with Crippen molar-refractivity contribution < 1.29 is 9.13 Å². The van der Waals surface area contributed by atoms with Gasteiger partial charge in [-0.25, -0.2) is 4.39 Å². The second kappa shape index (κ2) is 9.36. The molecule has 2 aliphatic carbocycles. The summed E-state index contributed by atoms with van der Waals surface area (Å²) in [5.41, 5.74) is 11.7. The number of fused-ring (bicyclic) bond motifs is 6. The van der Waals surface area contributed by atoms with Crippen LogP contribution < -0.4 is 15.4 Å². The molecule has 0 amide bonds. The van der Waals surface area contributed by atoms with Crippen molar-refractivity contribution in [1.82, 2.24) is 19.8 Å². The molecule has 8 rings (SSSR count). The maximum Gasteiger partial charge on any atom is 0.318 e. The van der Waals surface area contributed by atoms with E-state index in [9.17, 15) is 4.39 Å². The average molecular weight is 547 g/mol. The number of benzene rings is 1. The first-order valence-corrected chi connectivity index (χ1v) is 15.7. The van der Waals surface area contributed by atoms with Crippen molar-refractivity contribution in [2.45, 2.75) is 87.6 Å². The van der Waals surface area contributed by atoms with Crippen LogP contribution in [0.4, 0.5) is 10.2 Å². The van der Waals surface area contributed by atoms with Gasteiger partial charge in [0.2, 0.25) is 0 Å². The summed E-state index contributed by atoms with van der Waals surface area (Å²) in [4.78, 5) is 17.7. The molecule has 3 unspecified atom stereocenters. The van der Waals surface area contributed by atoms with Crippen LogP contribution in [0.5, 0.6) is 6.01 Å². The summed E-state index contributed by atoms with van der Waals surface area (Å²) in [7, 11) is 2.29. The van der Waals surface area contributed by atoms with E-state index in [0.29, 0.717) is 43.5 Å². The number of hydrogen-bond acceptors (Lipinski definition) is 7. The molecule has 7 nitrogen and oxygen atoms in total. The Morgan fingerprint density at radius 1 is 1.07 bits per heavy atom. The van der Waals surface area contributed by atoms with E-state index in [2.05, 4.69) is 46.0 Å². The molecule has 6 aliphatic rings. The molecule has 4 aliphatic heterocycles. The summed E-state index contributed by atoms with van der Waals surface area (Å²) in [6.45, 7) is 4.71. The number of alkyl halides is 1. The first kappa shape index (κ1) is 25.4. The Labute approximate surface area is 237 Å². The Bertz CT molecular complexity index is 1290. The highest BCUT2D eigenvalue weighted by Crippen LogP contribution is 2.48. The molecule has 2 N–H and O–H groups in total. The quantitative estimate of drug-likeness (QED) is 0.625. The first-order chi connectivity index (χ1) is 19.4. The van der Waals surface area contributed by atoms with E-state index < -0.39 is 6.17 Å². The molecule has 1 saturated carbocycles. The highest BCUT2D eigenvalue weighted by atomic mass is 19.1. The molecule has 8 heteroatoms. The van der Waals surface area contributed by atoms with Gasteiger partial charge < -0.3 is 15.4 Å². The van der Waals surface area contributed by atoms with E-state index in [0.717, 1.165) is 69.8 Å². The van der Waals surface area contributed by atoms with Gasteiger partial charge in [-0.2, -0.15) is 9.97 Å². The molecule has 4 fully saturated rings. The molecule has 3 saturated heterocycles. The van der Waals surface area contributed by atoms with Crippen LogP contribution in [0.1, 0.15) is 67.3 Å². The van der Waals surface area contributed by atoms with Gasteiger partial charge in [-0.15, -0.1) is 0 Å². The standard InChI is InChI=1S/C32H43FN6O/c1-37-19-25-27(15-32(37)12-4-7-21-6-2-3-8-26(21)32)35-30(40-20-31-11-5-13-39(31)18-24(33)14-31)36-29(25)38-16-22-9-10-23(17-38)28(22)34/h2-3,6,8,22-24,28H,4-5,7,9-20,34H2,1H3/t22-,23?,24?,28?,31-,32-/m0/s1. The minimum atomic E-state index is -0.765. The third kappa shape index (κ3) is 3.85. The Morgan fingerprint density at radius 3 is 2.75 bits per heavy atom. The van der Waals surface area contributed by atoms with Crippen molar-refractivity contribution in [3.63, 3.8) is 0 Å². The lowest BCUT2D eigenvalue weighted by Crippen LogP contribution is -2.52. The summed E-state index contributed by atoms with van der Waals surface area (Å²) >= 11 is 0. The Morgan fingerprint density at radius 2 is 1.90 bits per heavy atom. The van der Waals surface area contributed by atoms with Gasteiger partial charge in [0.05, 0.1) is 16.8 Å². The van der Waals surface area contributed by atoms with Crippen molar-refractivity contribution in [1.29, 1.82) is 0 Å². The smallest absolute Gasteiger partial charge is 0.318 e. The molecule has 6 atom stereocenters. The van der Waals surface area contributed by atoms with Crippen molar-refractivity contribution in [2.75, 3.05) is 44.7 Å². The van der Waals surface area contributed by atoms with E-state index in [-0.39, 0.29) is 11.1 Å². The number of aryl methyl sites for hydroxylation is 1. The van der Waals surface area contributed by atoms with Crippen LogP contribution in [0.3, 0.4) is 0 Å². The van der Waals surface area contributed by atoms with Crippen molar-refractivity contribution in [3.8, 4) is 6.01 Å².